The van der Waals surface area contributed by atoms with Crippen LogP contribution in [0.15, 0.2) is 0 Å². The number of nitrogens with one attached hydrogen (secondary N) is 3. The highest BCUT2D eigenvalue weighted by Crippen LogP contribution is 2.20. The van der Waals surface area contributed by atoms with Crippen molar-refractivity contribution >= 4 is 6.03 Å². The highest BCUT2D eigenvalue weighted by atomic mass is 16.2. The van der Waals surface area contributed by atoms with E-state index in [-0.39, 0.29) is 6.03 Å². The van der Waals surface area contributed by atoms with Gasteiger partial charge in [0.25, 0.3) is 0 Å². The summed E-state index contributed by atoms with van der Waals surface area (Å²) in [5, 5.41) is 9.73. The van der Waals surface area contributed by atoms with Crippen LogP contribution in [0.2, 0.25) is 0 Å². The zero-order valence-corrected chi connectivity index (χ0v) is 11.5. The van der Waals surface area contributed by atoms with Crippen molar-refractivity contribution < 1.29 is 4.79 Å². The number of rotatable bonds is 5. The summed E-state index contributed by atoms with van der Waals surface area (Å²) < 4.78 is 0. The Kier molecular flexibility index (Phi) is 5.29. The highest BCUT2D eigenvalue weighted by Gasteiger charge is 2.24. The van der Waals surface area contributed by atoms with Crippen LogP contribution in [0.1, 0.15) is 58.3 Å². The molecule has 4 heteroatoms. The van der Waals surface area contributed by atoms with Crippen LogP contribution in [0.5, 0.6) is 0 Å². The molecule has 0 heterocycles. The molecule has 2 fully saturated rings. The molecule has 0 aliphatic heterocycles. The Morgan fingerprint density at radius 1 is 0.944 bits per heavy atom. The molecule has 0 aromatic carbocycles. The first-order chi connectivity index (χ1) is 8.78. The molecule has 0 spiro atoms. The second-order valence-electron chi connectivity index (χ2n) is 5.75. The van der Waals surface area contributed by atoms with E-state index in [2.05, 4.69) is 22.9 Å². The fourth-order valence-electron chi connectivity index (χ4n) is 2.76. The number of amides is 2. The molecule has 2 rings (SSSR count). The molecule has 104 valence electrons. The van der Waals surface area contributed by atoms with Crippen molar-refractivity contribution in [2.75, 3.05) is 6.54 Å². The van der Waals surface area contributed by atoms with E-state index in [4.69, 9.17) is 0 Å². The van der Waals surface area contributed by atoms with Crippen molar-refractivity contribution in [3.8, 4) is 0 Å². The van der Waals surface area contributed by atoms with Gasteiger partial charge in [0, 0.05) is 18.1 Å². The van der Waals surface area contributed by atoms with Crippen LogP contribution in [0.25, 0.3) is 0 Å². The Bertz CT molecular complexity index is 258. The van der Waals surface area contributed by atoms with E-state index in [9.17, 15) is 4.79 Å². The minimum atomic E-state index is 0.0460. The minimum absolute atomic E-state index is 0.0460. The summed E-state index contributed by atoms with van der Waals surface area (Å²) in [5.41, 5.74) is 0. The van der Waals surface area contributed by atoms with Gasteiger partial charge >= 0.3 is 6.03 Å². The van der Waals surface area contributed by atoms with E-state index in [1.165, 1.54) is 25.7 Å². The lowest BCUT2D eigenvalue weighted by molar-refractivity contribution is 0.218. The van der Waals surface area contributed by atoms with Crippen LogP contribution < -0.4 is 16.0 Å². The van der Waals surface area contributed by atoms with Gasteiger partial charge in [0.2, 0.25) is 0 Å². The molecule has 0 radical (unpaired) electrons. The molecule has 0 bridgehead atoms. The van der Waals surface area contributed by atoms with Crippen molar-refractivity contribution in [3.63, 3.8) is 0 Å². The summed E-state index contributed by atoms with van der Waals surface area (Å²) in [5.74, 6) is 0. The molecule has 2 aliphatic rings. The van der Waals surface area contributed by atoms with Gasteiger partial charge in [0.1, 0.15) is 0 Å². The van der Waals surface area contributed by atoms with Crippen LogP contribution >= 0.6 is 0 Å². The van der Waals surface area contributed by atoms with E-state index in [1.807, 2.05) is 0 Å². The third-order valence-corrected chi connectivity index (χ3v) is 4.19. The maximum Gasteiger partial charge on any atom is 0.315 e. The standard InChI is InChI=1S/C14H27N3O/c1-2-10-15-11-6-8-13(9-7-11)17-14(18)16-12-4-3-5-12/h11-13,15H,2-10H2,1H3,(H2,16,17,18). The van der Waals surface area contributed by atoms with Crippen LogP contribution in [0.4, 0.5) is 4.79 Å². The third kappa shape index (κ3) is 4.16. The van der Waals surface area contributed by atoms with Gasteiger partial charge < -0.3 is 16.0 Å². The normalized spacial score (nSPS) is 28.5. The predicted molar refractivity (Wildman–Crippen MR) is 73.6 cm³/mol. The average Bonchev–Trinajstić information content (AvgIpc) is 2.33. The molecular weight excluding hydrogens is 226 g/mol. The van der Waals surface area contributed by atoms with Crippen molar-refractivity contribution in [1.82, 2.24) is 16.0 Å². The molecular formula is C14H27N3O. The Morgan fingerprint density at radius 3 is 2.00 bits per heavy atom. The van der Waals surface area contributed by atoms with Crippen LogP contribution in [0.3, 0.4) is 0 Å². The summed E-state index contributed by atoms with van der Waals surface area (Å²) in [6, 6.07) is 1.53. The van der Waals surface area contributed by atoms with Gasteiger partial charge in [-0.1, -0.05) is 6.92 Å². The molecule has 0 aromatic rings. The average molecular weight is 253 g/mol. The quantitative estimate of drug-likeness (QED) is 0.703. The Morgan fingerprint density at radius 2 is 1.50 bits per heavy atom. The van der Waals surface area contributed by atoms with Gasteiger partial charge in [0.05, 0.1) is 0 Å². The van der Waals surface area contributed by atoms with Crippen molar-refractivity contribution in [3.05, 3.63) is 0 Å². The van der Waals surface area contributed by atoms with Gasteiger partial charge in [-0.25, -0.2) is 4.79 Å². The minimum Gasteiger partial charge on any atom is -0.335 e. The molecule has 4 nitrogen and oxygen atoms in total. The monoisotopic (exact) mass is 253 g/mol. The van der Waals surface area contributed by atoms with E-state index in [0.717, 1.165) is 32.2 Å². The van der Waals surface area contributed by atoms with Crippen LogP contribution in [-0.4, -0.2) is 30.7 Å². The molecule has 0 saturated heterocycles. The van der Waals surface area contributed by atoms with Gasteiger partial charge in [0.15, 0.2) is 0 Å². The zero-order valence-electron chi connectivity index (χ0n) is 11.5. The fraction of sp³-hybridized carbons (Fsp3) is 0.929. The van der Waals surface area contributed by atoms with E-state index in [0.29, 0.717) is 18.1 Å². The van der Waals surface area contributed by atoms with Gasteiger partial charge in [-0.05, 0) is 57.9 Å². The first-order valence-electron chi connectivity index (χ1n) is 7.58. The summed E-state index contributed by atoms with van der Waals surface area (Å²) in [6.07, 6.45) is 9.37. The lowest BCUT2D eigenvalue weighted by atomic mass is 9.91. The van der Waals surface area contributed by atoms with Gasteiger partial charge in [-0.3, -0.25) is 0 Å². The summed E-state index contributed by atoms with van der Waals surface area (Å²) in [6.45, 7) is 3.32. The van der Waals surface area contributed by atoms with Crippen molar-refractivity contribution in [1.29, 1.82) is 0 Å². The van der Waals surface area contributed by atoms with Crippen molar-refractivity contribution in [2.24, 2.45) is 0 Å². The second-order valence-corrected chi connectivity index (χ2v) is 5.75. The molecule has 0 aromatic heterocycles. The lowest BCUT2D eigenvalue weighted by Gasteiger charge is -2.31. The highest BCUT2D eigenvalue weighted by molar-refractivity contribution is 5.74. The smallest absolute Gasteiger partial charge is 0.315 e. The van der Waals surface area contributed by atoms with Crippen molar-refractivity contribution in [2.45, 2.75) is 76.4 Å². The Balaban J connectivity index is 1.59. The lowest BCUT2D eigenvalue weighted by Crippen LogP contribution is -2.50. The van der Waals surface area contributed by atoms with E-state index < -0.39 is 0 Å². The molecule has 2 aliphatic carbocycles. The molecule has 3 N–H and O–H groups in total. The summed E-state index contributed by atoms with van der Waals surface area (Å²) in [7, 11) is 0. The number of carbonyl (C=O) groups excluding carboxylic acids is 1. The zero-order chi connectivity index (χ0) is 12.8. The molecule has 0 atom stereocenters. The number of carbonyl (C=O) groups is 1. The third-order valence-electron chi connectivity index (χ3n) is 4.19. The first-order valence-corrected chi connectivity index (χ1v) is 7.58. The summed E-state index contributed by atoms with van der Waals surface area (Å²) >= 11 is 0. The molecule has 2 amide bonds. The Hall–Kier alpha value is -0.770. The number of urea groups is 1. The first kappa shape index (κ1) is 13.7. The fourth-order valence-corrected chi connectivity index (χ4v) is 2.76. The van der Waals surface area contributed by atoms with Crippen LogP contribution in [-0.2, 0) is 0 Å². The predicted octanol–water partition coefficient (Wildman–Crippen LogP) is 2.15. The Labute approximate surface area is 110 Å². The van der Waals surface area contributed by atoms with Gasteiger partial charge in [-0.2, -0.15) is 0 Å². The molecule has 2 saturated carbocycles. The topological polar surface area (TPSA) is 53.2 Å². The van der Waals surface area contributed by atoms with Crippen LogP contribution in [0, 0.1) is 0 Å². The van der Waals surface area contributed by atoms with E-state index >= 15 is 0 Å². The number of hydrogen-bond acceptors (Lipinski definition) is 2. The van der Waals surface area contributed by atoms with Gasteiger partial charge in [-0.15, -0.1) is 0 Å². The number of hydrogen-bond donors (Lipinski definition) is 3. The SMILES string of the molecule is CCCNC1CCC(NC(=O)NC2CCC2)CC1. The maximum atomic E-state index is 11.7. The summed E-state index contributed by atoms with van der Waals surface area (Å²) in [4.78, 5) is 11.7. The largest absolute Gasteiger partial charge is 0.335 e. The van der Waals surface area contributed by atoms with E-state index in [1.54, 1.807) is 0 Å². The molecule has 0 unspecified atom stereocenters. The molecule has 18 heavy (non-hydrogen) atoms. The second kappa shape index (κ2) is 6.98. The maximum absolute atomic E-state index is 11.7.